The lowest BCUT2D eigenvalue weighted by Crippen LogP contribution is -2.43. The lowest BCUT2D eigenvalue weighted by atomic mass is 9.96. The average Bonchev–Trinajstić information content (AvgIpc) is 2.47. The molecular weight excluding hydrogens is 276 g/mol. The van der Waals surface area contributed by atoms with Crippen LogP contribution in [0.3, 0.4) is 0 Å². The monoisotopic (exact) mass is 304 g/mol. The summed E-state index contributed by atoms with van der Waals surface area (Å²) in [7, 11) is 2.26. The van der Waals surface area contributed by atoms with E-state index >= 15 is 0 Å². The molecule has 0 bridgehead atoms. The van der Waals surface area contributed by atoms with E-state index in [2.05, 4.69) is 53.5 Å². The topological polar surface area (TPSA) is 6.48 Å². The Hall–Kier alpha value is 0.400. The van der Waals surface area contributed by atoms with Crippen LogP contribution in [0.25, 0.3) is 0 Å². The van der Waals surface area contributed by atoms with Crippen molar-refractivity contribution in [2.45, 2.75) is 39.7 Å². The Labute approximate surface area is 116 Å². The van der Waals surface area contributed by atoms with Crippen LogP contribution in [0.1, 0.15) is 33.6 Å². The predicted molar refractivity (Wildman–Crippen MR) is 79.9 cm³/mol. The number of alkyl halides is 1. The second-order valence-electron chi connectivity index (χ2n) is 5.83. The second-order valence-corrected chi connectivity index (χ2v) is 6.48. The van der Waals surface area contributed by atoms with Gasteiger partial charge in [0, 0.05) is 24.5 Å². The van der Waals surface area contributed by atoms with Crippen LogP contribution in [0, 0.1) is 11.8 Å². The summed E-state index contributed by atoms with van der Waals surface area (Å²) in [4.78, 5) is 5.22. The Balaban J connectivity index is 2.59. The van der Waals surface area contributed by atoms with Gasteiger partial charge in [-0.2, -0.15) is 0 Å². The van der Waals surface area contributed by atoms with Gasteiger partial charge in [0.1, 0.15) is 0 Å². The highest BCUT2D eigenvalue weighted by Gasteiger charge is 2.25. The molecule has 0 amide bonds. The Morgan fingerprint density at radius 1 is 1.29 bits per heavy atom. The molecule has 1 fully saturated rings. The minimum absolute atomic E-state index is 0.753. The second kappa shape index (κ2) is 7.75. The molecule has 1 saturated heterocycles. The quantitative estimate of drug-likeness (QED) is 0.720. The van der Waals surface area contributed by atoms with Crippen LogP contribution < -0.4 is 0 Å². The van der Waals surface area contributed by atoms with E-state index in [1.54, 1.807) is 0 Å². The molecule has 2 nitrogen and oxygen atoms in total. The van der Waals surface area contributed by atoms with E-state index in [-0.39, 0.29) is 0 Å². The van der Waals surface area contributed by atoms with E-state index in [1.807, 2.05) is 0 Å². The van der Waals surface area contributed by atoms with Crippen molar-refractivity contribution in [3.8, 4) is 0 Å². The minimum Gasteiger partial charge on any atom is -0.305 e. The van der Waals surface area contributed by atoms with Gasteiger partial charge >= 0.3 is 0 Å². The summed E-state index contributed by atoms with van der Waals surface area (Å²) in [6, 6.07) is 0.753. The van der Waals surface area contributed by atoms with Crippen LogP contribution in [0.5, 0.6) is 0 Å². The van der Waals surface area contributed by atoms with Crippen molar-refractivity contribution >= 4 is 15.9 Å². The summed E-state index contributed by atoms with van der Waals surface area (Å²) in [6.45, 7) is 12.1. The fraction of sp³-hybridized carbons (Fsp3) is 1.00. The van der Waals surface area contributed by atoms with Crippen molar-refractivity contribution in [2.24, 2.45) is 11.8 Å². The lowest BCUT2D eigenvalue weighted by Gasteiger charge is -2.34. The third kappa shape index (κ3) is 4.88. The summed E-state index contributed by atoms with van der Waals surface area (Å²) < 4.78 is 0. The highest BCUT2D eigenvalue weighted by Crippen LogP contribution is 2.19. The molecule has 1 aliphatic rings. The van der Waals surface area contributed by atoms with Gasteiger partial charge < -0.3 is 4.90 Å². The van der Waals surface area contributed by atoms with Crippen LogP contribution in [0.15, 0.2) is 0 Å². The van der Waals surface area contributed by atoms with Crippen LogP contribution in [0.4, 0.5) is 0 Å². The Kier molecular flexibility index (Phi) is 7.05. The van der Waals surface area contributed by atoms with Gasteiger partial charge in [-0.05, 0) is 44.8 Å². The Morgan fingerprint density at radius 2 is 2.00 bits per heavy atom. The fourth-order valence-electron chi connectivity index (χ4n) is 2.66. The number of rotatable bonds is 5. The smallest absolute Gasteiger partial charge is 0.0220 e. The van der Waals surface area contributed by atoms with E-state index in [4.69, 9.17) is 0 Å². The molecule has 3 heteroatoms. The first-order valence-corrected chi connectivity index (χ1v) is 8.19. The third-order valence-corrected chi connectivity index (χ3v) is 4.94. The highest BCUT2D eigenvalue weighted by atomic mass is 79.9. The lowest BCUT2D eigenvalue weighted by molar-refractivity contribution is 0.150. The van der Waals surface area contributed by atoms with Gasteiger partial charge in [-0.25, -0.2) is 0 Å². The molecular formula is C14H29BrN2. The molecule has 2 atom stereocenters. The van der Waals surface area contributed by atoms with Crippen molar-refractivity contribution in [1.29, 1.82) is 0 Å². The van der Waals surface area contributed by atoms with Crippen molar-refractivity contribution in [1.82, 2.24) is 9.80 Å². The summed E-state index contributed by atoms with van der Waals surface area (Å²) in [5.74, 6) is 1.56. The van der Waals surface area contributed by atoms with Crippen molar-refractivity contribution in [3.05, 3.63) is 0 Å². The minimum atomic E-state index is 0.753. The maximum Gasteiger partial charge on any atom is 0.0220 e. The van der Waals surface area contributed by atoms with E-state index < -0.39 is 0 Å². The number of hydrogen-bond donors (Lipinski definition) is 0. The maximum atomic E-state index is 3.68. The van der Waals surface area contributed by atoms with Crippen LogP contribution in [-0.2, 0) is 0 Å². The first kappa shape index (κ1) is 15.5. The molecule has 1 aliphatic heterocycles. The molecule has 0 aliphatic carbocycles. The zero-order valence-corrected chi connectivity index (χ0v) is 13.5. The van der Waals surface area contributed by atoms with Crippen molar-refractivity contribution in [3.63, 3.8) is 0 Å². The zero-order chi connectivity index (χ0) is 12.8. The van der Waals surface area contributed by atoms with Gasteiger partial charge in [0.25, 0.3) is 0 Å². The molecule has 0 aromatic heterocycles. The Bertz CT molecular complexity index is 208. The van der Waals surface area contributed by atoms with Crippen LogP contribution in [0.2, 0.25) is 0 Å². The SMILES string of the molecule is CCC1CN(C)CCCN1CC(CBr)C(C)C. The van der Waals surface area contributed by atoms with Gasteiger partial charge in [-0.15, -0.1) is 0 Å². The van der Waals surface area contributed by atoms with E-state index in [9.17, 15) is 0 Å². The van der Waals surface area contributed by atoms with Crippen LogP contribution in [-0.4, -0.2) is 54.4 Å². The normalized spacial score (nSPS) is 26.1. The zero-order valence-electron chi connectivity index (χ0n) is 12.0. The van der Waals surface area contributed by atoms with Crippen molar-refractivity contribution in [2.75, 3.05) is 38.6 Å². The summed E-state index contributed by atoms with van der Waals surface area (Å²) in [6.07, 6.45) is 2.59. The summed E-state index contributed by atoms with van der Waals surface area (Å²) in [5, 5.41) is 1.13. The van der Waals surface area contributed by atoms with Gasteiger partial charge in [0.05, 0.1) is 0 Å². The molecule has 1 rings (SSSR count). The summed E-state index contributed by atoms with van der Waals surface area (Å²) >= 11 is 3.68. The molecule has 0 aromatic carbocycles. The van der Waals surface area contributed by atoms with E-state index in [1.165, 1.54) is 39.0 Å². The van der Waals surface area contributed by atoms with Gasteiger partial charge in [0.15, 0.2) is 0 Å². The standard InChI is InChI=1S/C14H29BrN2/c1-5-14-11-16(4)7-6-8-17(14)10-13(9-15)12(2)3/h12-14H,5-11H2,1-4H3. The van der Waals surface area contributed by atoms with Gasteiger partial charge in [-0.3, -0.25) is 4.90 Å². The first-order chi connectivity index (χ1) is 8.08. The number of halogens is 1. The molecule has 0 aromatic rings. The number of hydrogen-bond acceptors (Lipinski definition) is 2. The average molecular weight is 305 g/mol. The summed E-state index contributed by atoms with van der Waals surface area (Å²) in [5.41, 5.74) is 0. The highest BCUT2D eigenvalue weighted by molar-refractivity contribution is 9.09. The molecule has 0 saturated carbocycles. The molecule has 1 heterocycles. The molecule has 0 radical (unpaired) electrons. The predicted octanol–water partition coefficient (Wildman–Crippen LogP) is 3.07. The number of nitrogens with zero attached hydrogens (tertiary/aromatic N) is 2. The van der Waals surface area contributed by atoms with Gasteiger partial charge in [0.2, 0.25) is 0 Å². The molecule has 102 valence electrons. The molecule has 0 spiro atoms. The largest absolute Gasteiger partial charge is 0.305 e. The Morgan fingerprint density at radius 3 is 2.53 bits per heavy atom. The fourth-order valence-corrected chi connectivity index (χ4v) is 3.61. The molecule has 2 unspecified atom stereocenters. The van der Waals surface area contributed by atoms with E-state index in [0.717, 1.165) is 23.2 Å². The third-order valence-electron chi connectivity index (χ3n) is 4.11. The number of likely N-dealkylation sites (N-methyl/N-ethyl adjacent to an activating group) is 1. The maximum absolute atomic E-state index is 3.68. The van der Waals surface area contributed by atoms with E-state index in [0.29, 0.717) is 0 Å². The van der Waals surface area contributed by atoms with Gasteiger partial charge in [-0.1, -0.05) is 36.7 Å². The van der Waals surface area contributed by atoms with Crippen molar-refractivity contribution < 1.29 is 0 Å². The molecule has 0 N–H and O–H groups in total. The van der Waals surface area contributed by atoms with Crippen LogP contribution >= 0.6 is 15.9 Å². The first-order valence-electron chi connectivity index (χ1n) is 7.07. The molecule has 17 heavy (non-hydrogen) atoms.